The third-order valence-electron chi connectivity index (χ3n) is 2.09. The molecule has 1 aliphatic rings. The third-order valence-corrected chi connectivity index (χ3v) is 2.09. The van der Waals surface area contributed by atoms with E-state index in [9.17, 15) is 4.79 Å². The van der Waals surface area contributed by atoms with Crippen molar-refractivity contribution >= 4 is 5.97 Å². The predicted octanol–water partition coefficient (Wildman–Crippen LogP) is 1.37. The first-order valence-electron chi connectivity index (χ1n) is 4.50. The Hall–Kier alpha value is -0.570. The molecule has 1 atom stereocenters. The Bertz CT molecular complexity index is 137. The normalized spacial score (nSPS) is 24.6. The zero-order valence-corrected chi connectivity index (χ0v) is 7.54. The topological polar surface area (TPSA) is 35.5 Å². The first-order chi connectivity index (χ1) is 5.79. The highest BCUT2D eigenvalue weighted by Gasteiger charge is 2.13. The minimum Gasteiger partial charge on any atom is -0.466 e. The summed E-state index contributed by atoms with van der Waals surface area (Å²) in [6.45, 7) is 3.69. The van der Waals surface area contributed by atoms with Crippen LogP contribution in [-0.4, -0.2) is 25.8 Å². The second-order valence-corrected chi connectivity index (χ2v) is 3.21. The van der Waals surface area contributed by atoms with Crippen molar-refractivity contribution in [2.24, 2.45) is 5.92 Å². The van der Waals surface area contributed by atoms with Crippen LogP contribution < -0.4 is 0 Å². The van der Waals surface area contributed by atoms with Crippen LogP contribution in [0.4, 0.5) is 0 Å². The average molecular weight is 172 g/mol. The largest absolute Gasteiger partial charge is 0.466 e. The molecule has 0 amide bonds. The Labute approximate surface area is 73.0 Å². The third kappa shape index (κ3) is 3.72. The summed E-state index contributed by atoms with van der Waals surface area (Å²) in [7, 11) is 0. The predicted molar refractivity (Wildman–Crippen MR) is 44.8 cm³/mol. The van der Waals surface area contributed by atoms with E-state index >= 15 is 0 Å². The van der Waals surface area contributed by atoms with Crippen molar-refractivity contribution in [3.8, 4) is 0 Å². The van der Waals surface area contributed by atoms with E-state index in [0.29, 0.717) is 12.5 Å². The minimum absolute atomic E-state index is 0.180. The molecule has 1 rings (SSSR count). The maximum absolute atomic E-state index is 10.5. The fourth-order valence-corrected chi connectivity index (χ4v) is 1.37. The van der Waals surface area contributed by atoms with E-state index in [-0.39, 0.29) is 5.97 Å². The lowest BCUT2D eigenvalue weighted by Crippen LogP contribution is -2.12. The molecule has 1 saturated heterocycles. The fourth-order valence-electron chi connectivity index (χ4n) is 1.37. The summed E-state index contributed by atoms with van der Waals surface area (Å²) in [6, 6.07) is 0. The fraction of sp³-hybridized carbons (Fsp3) is 0.889. The molecule has 0 bridgehead atoms. The SMILES string of the molecule is CC(=O)OCC1CCCOCC1. The van der Waals surface area contributed by atoms with Gasteiger partial charge in [-0.05, 0) is 25.2 Å². The molecular weight excluding hydrogens is 156 g/mol. The van der Waals surface area contributed by atoms with Crippen LogP contribution in [0, 0.1) is 5.92 Å². The summed E-state index contributed by atoms with van der Waals surface area (Å²) < 4.78 is 10.2. The molecule has 0 aliphatic carbocycles. The van der Waals surface area contributed by atoms with Gasteiger partial charge >= 0.3 is 5.97 Å². The van der Waals surface area contributed by atoms with Crippen molar-refractivity contribution in [2.45, 2.75) is 26.2 Å². The van der Waals surface area contributed by atoms with Crippen molar-refractivity contribution in [1.29, 1.82) is 0 Å². The second kappa shape index (κ2) is 5.14. The molecule has 0 aromatic carbocycles. The lowest BCUT2D eigenvalue weighted by Gasteiger charge is -2.11. The van der Waals surface area contributed by atoms with Crippen LogP contribution in [0.5, 0.6) is 0 Å². The van der Waals surface area contributed by atoms with Crippen LogP contribution in [0.2, 0.25) is 0 Å². The number of hydrogen-bond acceptors (Lipinski definition) is 3. The van der Waals surface area contributed by atoms with Crippen molar-refractivity contribution < 1.29 is 14.3 Å². The van der Waals surface area contributed by atoms with E-state index in [2.05, 4.69) is 0 Å². The minimum atomic E-state index is -0.180. The van der Waals surface area contributed by atoms with Crippen LogP contribution in [0.15, 0.2) is 0 Å². The number of esters is 1. The van der Waals surface area contributed by atoms with Crippen molar-refractivity contribution in [3.63, 3.8) is 0 Å². The van der Waals surface area contributed by atoms with Crippen LogP contribution in [-0.2, 0) is 14.3 Å². The van der Waals surface area contributed by atoms with Crippen LogP contribution in [0.3, 0.4) is 0 Å². The zero-order chi connectivity index (χ0) is 8.81. The molecule has 3 nitrogen and oxygen atoms in total. The van der Waals surface area contributed by atoms with Gasteiger partial charge in [0, 0.05) is 20.1 Å². The van der Waals surface area contributed by atoms with E-state index < -0.39 is 0 Å². The van der Waals surface area contributed by atoms with Gasteiger partial charge < -0.3 is 9.47 Å². The quantitative estimate of drug-likeness (QED) is 0.590. The van der Waals surface area contributed by atoms with Crippen LogP contribution in [0.1, 0.15) is 26.2 Å². The molecule has 0 saturated carbocycles. The Balaban J connectivity index is 2.16. The Morgan fingerprint density at radius 1 is 1.50 bits per heavy atom. The summed E-state index contributed by atoms with van der Waals surface area (Å²) in [5, 5.41) is 0. The molecule has 0 N–H and O–H groups in total. The molecule has 1 unspecified atom stereocenters. The molecule has 1 fully saturated rings. The van der Waals surface area contributed by atoms with E-state index in [1.54, 1.807) is 0 Å². The molecule has 0 aromatic heterocycles. The molecule has 0 radical (unpaired) electrons. The molecule has 0 aromatic rings. The summed E-state index contributed by atoms with van der Waals surface area (Å²) in [6.07, 6.45) is 3.23. The summed E-state index contributed by atoms with van der Waals surface area (Å²) in [4.78, 5) is 10.5. The Morgan fingerprint density at radius 3 is 3.08 bits per heavy atom. The highest BCUT2D eigenvalue weighted by molar-refractivity contribution is 5.65. The number of rotatable bonds is 2. The molecule has 1 aliphatic heterocycles. The first kappa shape index (κ1) is 9.52. The number of hydrogen-bond donors (Lipinski definition) is 0. The molecule has 1 heterocycles. The monoisotopic (exact) mass is 172 g/mol. The van der Waals surface area contributed by atoms with Crippen LogP contribution in [0.25, 0.3) is 0 Å². The van der Waals surface area contributed by atoms with Gasteiger partial charge in [0.1, 0.15) is 0 Å². The van der Waals surface area contributed by atoms with E-state index in [1.807, 2.05) is 0 Å². The molecule has 12 heavy (non-hydrogen) atoms. The summed E-state index contributed by atoms with van der Waals surface area (Å²) in [5.41, 5.74) is 0. The van der Waals surface area contributed by atoms with Gasteiger partial charge in [0.05, 0.1) is 6.61 Å². The summed E-state index contributed by atoms with van der Waals surface area (Å²) >= 11 is 0. The maximum atomic E-state index is 10.5. The molecular formula is C9H16O3. The smallest absolute Gasteiger partial charge is 0.302 e. The Morgan fingerprint density at radius 2 is 2.33 bits per heavy atom. The van der Waals surface area contributed by atoms with Gasteiger partial charge in [0.2, 0.25) is 0 Å². The molecule has 0 spiro atoms. The second-order valence-electron chi connectivity index (χ2n) is 3.21. The zero-order valence-electron chi connectivity index (χ0n) is 7.54. The highest BCUT2D eigenvalue weighted by atomic mass is 16.5. The standard InChI is InChI=1S/C9H16O3/c1-8(10)12-7-9-3-2-5-11-6-4-9/h9H,2-7H2,1H3. The van der Waals surface area contributed by atoms with E-state index in [0.717, 1.165) is 32.5 Å². The van der Waals surface area contributed by atoms with E-state index in [1.165, 1.54) is 6.92 Å². The van der Waals surface area contributed by atoms with Gasteiger partial charge in [0.15, 0.2) is 0 Å². The van der Waals surface area contributed by atoms with Gasteiger partial charge in [-0.2, -0.15) is 0 Å². The van der Waals surface area contributed by atoms with E-state index in [4.69, 9.17) is 9.47 Å². The van der Waals surface area contributed by atoms with Crippen molar-refractivity contribution in [2.75, 3.05) is 19.8 Å². The Kier molecular flexibility index (Phi) is 4.08. The number of ether oxygens (including phenoxy) is 2. The van der Waals surface area contributed by atoms with Gasteiger partial charge in [-0.3, -0.25) is 4.79 Å². The maximum Gasteiger partial charge on any atom is 0.302 e. The average Bonchev–Trinajstić information content (AvgIpc) is 2.28. The highest BCUT2D eigenvalue weighted by Crippen LogP contribution is 2.15. The van der Waals surface area contributed by atoms with Gasteiger partial charge in [0.25, 0.3) is 0 Å². The first-order valence-corrected chi connectivity index (χ1v) is 4.50. The molecule has 70 valence electrons. The summed E-state index contributed by atoms with van der Waals surface area (Å²) in [5.74, 6) is 0.330. The van der Waals surface area contributed by atoms with Crippen molar-refractivity contribution in [1.82, 2.24) is 0 Å². The van der Waals surface area contributed by atoms with Crippen molar-refractivity contribution in [3.05, 3.63) is 0 Å². The van der Waals surface area contributed by atoms with Gasteiger partial charge in [-0.25, -0.2) is 0 Å². The molecule has 3 heteroatoms. The van der Waals surface area contributed by atoms with Gasteiger partial charge in [-0.1, -0.05) is 0 Å². The lowest BCUT2D eigenvalue weighted by molar-refractivity contribution is -0.142. The number of carbonyl (C=O) groups is 1. The lowest BCUT2D eigenvalue weighted by atomic mass is 10.0. The van der Waals surface area contributed by atoms with Crippen LogP contribution >= 0.6 is 0 Å². The van der Waals surface area contributed by atoms with Gasteiger partial charge in [-0.15, -0.1) is 0 Å². The number of carbonyl (C=O) groups excluding carboxylic acids is 1.